The lowest BCUT2D eigenvalue weighted by atomic mass is 10.1. The zero-order valence-corrected chi connectivity index (χ0v) is 9.88. The molecule has 14 heavy (non-hydrogen) atoms. The Labute approximate surface area is 88.4 Å². The van der Waals surface area contributed by atoms with Crippen molar-refractivity contribution < 1.29 is 4.74 Å². The van der Waals surface area contributed by atoms with Crippen LogP contribution in [0.4, 0.5) is 0 Å². The summed E-state index contributed by atoms with van der Waals surface area (Å²) in [4.78, 5) is 0. The Kier molecular flexibility index (Phi) is 9.35. The van der Waals surface area contributed by atoms with Crippen molar-refractivity contribution in [1.29, 1.82) is 0 Å². The predicted octanol–water partition coefficient (Wildman–Crippen LogP) is 1.52. The SMILES string of the molecule is CCCCC(C)NCCC(CN)OC. The first-order chi connectivity index (χ1) is 6.74. The second-order valence-electron chi connectivity index (χ2n) is 3.88. The first-order valence-electron chi connectivity index (χ1n) is 5.70. The van der Waals surface area contributed by atoms with Crippen molar-refractivity contribution in [3.05, 3.63) is 0 Å². The van der Waals surface area contributed by atoms with Crippen molar-refractivity contribution in [2.75, 3.05) is 20.2 Å². The fourth-order valence-electron chi connectivity index (χ4n) is 1.44. The number of hydrogen-bond acceptors (Lipinski definition) is 3. The van der Waals surface area contributed by atoms with E-state index in [0.29, 0.717) is 12.6 Å². The highest BCUT2D eigenvalue weighted by Gasteiger charge is 2.05. The summed E-state index contributed by atoms with van der Waals surface area (Å²) in [5.41, 5.74) is 5.53. The van der Waals surface area contributed by atoms with Crippen molar-refractivity contribution in [1.82, 2.24) is 5.32 Å². The smallest absolute Gasteiger partial charge is 0.0705 e. The number of hydrogen-bond donors (Lipinski definition) is 2. The highest BCUT2D eigenvalue weighted by atomic mass is 16.5. The van der Waals surface area contributed by atoms with E-state index in [0.717, 1.165) is 13.0 Å². The number of nitrogens with two attached hydrogens (primary N) is 1. The van der Waals surface area contributed by atoms with E-state index in [-0.39, 0.29) is 6.10 Å². The van der Waals surface area contributed by atoms with Gasteiger partial charge in [0.05, 0.1) is 6.10 Å². The Morgan fingerprint density at radius 2 is 2.07 bits per heavy atom. The van der Waals surface area contributed by atoms with Crippen LogP contribution in [0.5, 0.6) is 0 Å². The summed E-state index contributed by atoms with van der Waals surface area (Å²) in [6.45, 7) is 6.07. The summed E-state index contributed by atoms with van der Waals surface area (Å²) in [5, 5.41) is 3.48. The van der Waals surface area contributed by atoms with Crippen LogP contribution in [0.2, 0.25) is 0 Å². The van der Waals surface area contributed by atoms with Gasteiger partial charge in [0.2, 0.25) is 0 Å². The van der Waals surface area contributed by atoms with Gasteiger partial charge >= 0.3 is 0 Å². The standard InChI is InChI=1S/C11H26N2O/c1-4-5-6-10(2)13-8-7-11(9-12)14-3/h10-11,13H,4-9,12H2,1-3H3. The molecule has 0 aliphatic carbocycles. The molecule has 0 aromatic rings. The summed E-state index contributed by atoms with van der Waals surface area (Å²) in [7, 11) is 1.72. The van der Waals surface area contributed by atoms with E-state index in [1.165, 1.54) is 19.3 Å². The zero-order chi connectivity index (χ0) is 10.8. The molecule has 3 N–H and O–H groups in total. The largest absolute Gasteiger partial charge is 0.380 e. The van der Waals surface area contributed by atoms with Gasteiger partial charge in [0.15, 0.2) is 0 Å². The van der Waals surface area contributed by atoms with Gasteiger partial charge in [-0.1, -0.05) is 19.8 Å². The molecule has 0 aliphatic rings. The lowest BCUT2D eigenvalue weighted by Gasteiger charge is -2.16. The molecule has 0 saturated carbocycles. The molecular formula is C11H26N2O. The minimum atomic E-state index is 0.209. The summed E-state index contributed by atoms with van der Waals surface area (Å²) >= 11 is 0. The average Bonchev–Trinajstić information content (AvgIpc) is 2.21. The van der Waals surface area contributed by atoms with Gasteiger partial charge in [-0.15, -0.1) is 0 Å². The Hall–Kier alpha value is -0.120. The minimum absolute atomic E-state index is 0.209. The van der Waals surface area contributed by atoms with Crippen LogP contribution in [0.15, 0.2) is 0 Å². The number of nitrogens with one attached hydrogen (secondary N) is 1. The van der Waals surface area contributed by atoms with Crippen LogP contribution in [0.1, 0.15) is 39.5 Å². The van der Waals surface area contributed by atoms with E-state index >= 15 is 0 Å². The van der Waals surface area contributed by atoms with Crippen LogP contribution >= 0.6 is 0 Å². The Bertz CT molecular complexity index is 116. The molecule has 0 rings (SSSR count). The van der Waals surface area contributed by atoms with E-state index in [1.807, 2.05) is 0 Å². The van der Waals surface area contributed by atoms with Crippen molar-refractivity contribution in [3.8, 4) is 0 Å². The summed E-state index contributed by atoms with van der Waals surface area (Å²) in [5.74, 6) is 0. The van der Waals surface area contributed by atoms with Crippen LogP contribution < -0.4 is 11.1 Å². The van der Waals surface area contributed by atoms with Crippen LogP contribution in [-0.2, 0) is 4.74 Å². The van der Waals surface area contributed by atoms with Crippen molar-refractivity contribution in [3.63, 3.8) is 0 Å². The van der Waals surface area contributed by atoms with E-state index in [2.05, 4.69) is 19.2 Å². The molecule has 3 nitrogen and oxygen atoms in total. The molecule has 2 unspecified atom stereocenters. The summed E-state index contributed by atoms with van der Waals surface area (Å²) < 4.78 is 5.20. The first-order valence-corrected chi connectivity index (χ1v) is 5.70. The van der Waals surface area contributed by atoms with Gasteiger partial charge in [-0.05, 0) is 26.3 Å². The molecule has 0 heterocycles. The van der Waals surface area contributed by atoms with Crippen molar-refractivity contribution >= 4 is 0 Å². The van der Waals surface area contributed by atoms with E-state index in [9.17, 15) is 0 Å². The minimum Gasteiger partial charge on any atom is -0.380 e. The van der Waals surface area contributed by atoms with Crippen molar-refractivity contribution in [2.45, 2.75) is 51.7 Å². The Balaban J connectivity index is 3.33. The van der Waals surface area contributed by atoms with E-state index in [1.54, 1.807) is 7.11 Å². The van der Waals surface area contributed by atoms with E-state index in [4.69, 9.17) is 10.5 Å². The van der Waals surface area contributed by atoms with Crippen molar-refractivity contribution in [2.24, 2.45) is 5.73 Å². The number of ether oxygens (including phenoxy) is 1. The van der Waals surface area contributed by atoms with E-state index < -0.39 is 0 Å². The molecule has 0 bridgehead atoms. The number of rotatable bonds is 9. The van der Waals surface area contributed by atoms with Crippen LogP contribution in [0, 0.1) is 0 Å². The van der Waals surface area contributed by atoms with Gasteiger partial charge in [0, 0.05) is 19.7 Å². The molecule has 0 fully saturated rings. The maximum Gasteiger partial charge on any atom is 0.0705 e. The maximum absolute atomic E-state index is 5.53. The molecule has 0 aromatic heterocycles. The van der Waals surface area contributed by atoms with Gasteiger partial charge in [-0.3, -0.25) is 0 Å². The van der Waals surface area contributed by atoms with Crippen LogP contribution in [0.25, 0.3) is 0 Å². The Morgan fingerprint density at radius 3 is 2.57 bits per heavy atom. The van der Waals surface area contributed by atoms with Gasteiger partial charge in [-0.2, -0.15) is 0 Å². The molecule has 0 aliphatic heterocycles. The molecule has 86 valence electrons. The quantitative estimate of drug-likeness (QED) is 0.596. The summed E-state index contributed by atoms with van der Waals surface area (Å²) in [6, 6.07) is 0.616. The fourth-order valence-corrected chi connectivity index (χ4v) is 1.44. The topological polar surface area (TPSA) is 47.3 Å². The maximum atomic E-state index is 5.53. The first kappa shape index (κ1) is 13.9. The van der Waals surface area contributed by atoms with Crippen LogP contribution in [-0.4, -0.2) is 32.3 Å². The molecule has 0 spiro atoms. The lowest BCUT2D eigenvalue weighted by Crippen LogP contribution is -2.32. The third kappa shape index (κ3) is 7.30. The lowest BCUT2D eigenvalue weighted by molar-refractivity contribution is 0.101. The predicted molar refractivity (Wildman–Crippen MR) is 61.5 cm³/mol. The molecule has 0 radical (unpaired) electrons. The second-order valence-corrected chi connectivity index (χ2v) is 3.88. The normalized spacial score (nSPS) is 15.4. The van der Waals surface area contributed by atoms with Crippen LogP contribution in [0.3, 0.4) is 0 Å². The molecule has 3 heteroatoms. The monoisotopic (exact) mass is 202 g/mol. The number of methoxy groups -OCH3 is 1. The van der Waals surface area contributed by atoms with Gasteiger partial charge in [-0.25, -0.2) is 0 Å². The highest BCUT2D eigenvalue weighted by molar-refractivity contribution is 4.64. The Morgan fingerprint density at radius 1 is 1.36 bits per heavy atom. The second kappa shape index (κ2) is 9.44. The molecule has 0 aromatic carbocycles. The molecule has 2 atom stereocenters. The number of unbranched alkanes of at least 4 members (excludes halogenated alkanes) is 1. The average molecular weight is 202 g/mol. The molecule has 0 amide bonds. The highest BCUT2D eigenvalue weighted by Crippen LogP contribution is 2.00. The van der Waals surface area contributed by atoms with Gasteiger partial charge in [0.1, 0.15) is 0 Å². The third-order valence-electron chi connectivity index (χ3n) is 2.55. The third-order valence-corrected chi connectivity index (χ3v) is 2.55. The molecular weight excluding hydrogens is 176 g/mol. The molecule has 0 saturated heterocycles. The summed E-state index contributed by atoms with van der Waals surface area (Å²) in [6.07, 6.45) is 5.05. The zero-order valence-electron chi connectivity index (χ0n) is 9.88. The fraction of sp³-hybridized carbons (Fsp3) is 1.00. The van der Waals surface area contributed by atoms with Gasteiger partial charge in [0.25, 0.3) is 0 Å². The van der Waals surface area contributed by atoms with Gasteiger partial charge < -0.3 is 15.8 Å².